The average Bonchev–Trinajstić information content (AvgIpc) is 2.75. The zero-order chi connectivity index (χ0) is 20.4. The highest BCUT2D eigenvalue weighted by Gasteiger charge is 2.24. The second-order valence-corrected chi connectivity index (χ2v) is 7.27. The third kappa shape index (κ3) is 3.89. The number of carbonyl (C=O) groups excluding carboxylic acids is 1. The van der Waals surface area contributed by atoms with Crippen molar-refractivity contribution in [2.75, 3.05) is 36.8 Å². The summed E-state index contributed by atoms with van der Waals surface area (Å²) in [7, 11) is 0. The number of aryl methyl sites for hydroxylation is 1. The highest BCUT2D eigenvalue weighted by molar-refractivity contribution is 5.95. The molecular weight excluding hydrogens is 364 g/mol. The van der Waals surface area contributed by atoms with Crippen LogP contribution in [0.5, 0.6) is 0 Å². The smallest absolute Gasteiger partial charge is 0.253 e. The minimum Gasteiger partial charge on any atom is -0.397 e. The molecule has 0 saturated carbocycles. The molecule has 148 valence electrons. The van der Waals surface area contributed by atoms with Gasteiger partial charge in [0, 0.05) is 61.0 Å². The van der Waals surface area contributed by atoms with Gasteiger partial charge in [-0.1, -0.05) is 12.1 Å². The van der Waals surface area contributed by atoms with E-state index in [1.54, 1.807) is 18.7 Å². The minimum absolute atomic E-state index is 0.0407. The van der Waals surface area contributed by atoms with Gasteiger partial charge in [-0.15, -0.1) is 0 Å². The Hall–Kier alpha value is -3.48. The summed E-state index contributed by atoms with van der Waals surface area (Å²) in [5.41, 5.74) is 11.0. The van der Waals surface area contributed by atoms with Gasteiger partial charge < -0.3 is 15.5 Å². The first-order valence-corrected chi connectivity index (χ1v) is 9.66. The standard InChI is InChI=1S/C22H24N6O/c1-15-16(2)25-14-26-21(15)27-6-8-28(9-7-27)22(29)18-5-3-4-17(10-18)19-11-20(23)13-24-12-19/h3-5,10-14H,6-9,23H2,1-2H3. The lowest BCUT2D eigenvalue weighted by Gasteiger charge is -2.36. The predicted octanol–water partition coefficient (Wildman–Crippen LogP) is 2.70. The van der Waals surface area contributed by atoms with Crippen molar-refractivity contribution in [2.45, 2.75) is 13.8 Å². The lowest BCUT2D eigenvalue weighted by Crippen LogP contribution is -2.49. The normalized spacial score (nSPS) is 14.1. The van der Waals surface area contributed by atoms with E-state index in [1.165, 1.54) is 0 Å². The third-order valence-corrected chi connectivity index (χ3v) is 5.38. The number of nitrogens with two attached hydrogens (primary N) is 1. The first-order chi connectivity index (χ1) is 14.0. The summed E-state index contributed by atoms with van der Waals surface area (Å²) in [4.78, 5) is 30.0. The molecule has 3 heterocycles. The highest BCUT2D eigenvalue weighted by atomic mass is 16.2. The second-order valence-electron chi connectivity index (χ2n) is 7.27. The number of nitrogens with zero attached hydrogens (tertiary/aromatic N) is 5. The summed E-state index contributed by atoms with van der Waals surface area (Å²) in [5, 5.41) is 0. The number of hydrogen-bond donors (Lipinski definition) is 1. The molecule has 7 heteroatoms. The van der Waals surface area contributed by atoms with E-state index in [2.05, 4.69) is 19.9 Å². The number of piperazine rings is 1. The fraction of sp³-hybridized carbons (Fsp3) is 0.273. The Morgan fingerprint density at radius 2 is 1.79 bits per heavy atom. The minimum atomic E-state index is 0.0407. The van der Waals surface area contributed by atoms with Crippen LogP contribution in [0.25, 0.3) is 11.1 Å². The summed E-state index contributed by atoms with van der Waals surface area (Å²) < 4.78 is 0. The molecule has 1 amide bonds. The third-order valence-electron chi connectivity index (χ3n) is 5.38. The Kier molecular flexibility index (Phi) is 5.12. The van der Waals surface area contributed by atoms with E-state index >= 15 is 0 Å². The first kappa shape index (κ1) is 18.9. The maximum absolute atomic E-state index is 13.1. The monoisotopic (exact) mass is 388 g/mol. The number of benzene rings is 1. The molecule has 7 nitrogen and oxygen atoms in total. The number of hydrogen-bond acceptors (Lipinski definition) is 6. The number of pyridine rings is 1. The SMILES string of the molecule is Cc1ncnc(N2CCN(C(=O)c3cccc(-c4cncc(N)c4)c3)CC2)c1C. The van der Waals surface area contributed by atoms with E-state index in [-0.39, 0.29) is 5.91 Å². The van der Waals surface area contributed by atoms with Crippen LogP contribution in [0.3, 0.4) is 0 Å². The van der Waals surface area contributed by atoms with Gasteiger partial charge in [0.1, 0.15) is 12.1 Å². The molecule has 1 saturated heterocycles. The summed E-state index contributed by atoms with van der Waals surface area (Å²) in [6.45, 7) is 6.85. The van der Waals surface area contributed by atoms with Crippen LogP contribution in [0, 0.1) is 13.8 Å². The predicted molar refractivity (Wildman–Crippen MR) is 114 cm³/mol. The van der Waals surface area contributed by atoms with Crippen molar-refractivity contribution >= 4 is 17.4 Å². The molecule has 0 bridgehead atoms. The van der Waals surface area contributed by atoms with Crippen molar-refractivity contribution in [1.29, 1.82) is 0 Å². The summed E-state index contributed by atoms with van der Waals surface area (Å²) in [6, 6.07) is 9.49. The Labute approximate surface area is 170 Å². The van der Waals surface area contributed by atoms with Gasteiger partial charge in [0.2, 0.25) is 0 Å². The van der Waals surface area contributed by atoms with Crippen molar-refractivity contribution in [3.8, 4) is 11.1 Å². The molecule has 29 heavy (non-hydrogen) atoms. The molecule has 1 fully saturated rings. The van der Waals surface area contributed by atoms with Crippen LogP contribution >= 0.6 is 0 Å². The molecule has 0 unspecified atom stereocenters. The first-order valence-electron chi connectivity index (χ1n) is 9.66. The number of aromatic nitrogens is 3. The molecule has 0 radical (unpaired) electrons. The van der Waals surface area contributed by atoms with Gasteiger partial charge in [-0.3, -0.25) is 9.78 Å². The van der Waals surface area contributed by atoms with Crippen molar-refractivity contribution in [3.05, 3.63) is 65.9 Å². The average molecular weight is 388 g/mol. The van der Waals surface area contributed by atoms with Gasteiger partial charge in [0.25, 0.3) is 5.91 Å². The van der Waals surface area contributed by atoms with Crippen LogP contribution in [0.1, 0.15) is 21.6 Å². The number of carbonyl (C=O) groups is 1. The van der Waals surface area contributed by atoms with E-state index in [1.807, 2.05) is 49.1 Å². The topological polar surface area (TPSA) is 88.2 Å². The van der Waals surface area contributed by atoms with Crippen molar-refractivity contribution in [1.82, 2.24) is 19.9 Å². The van der Waals surface area contributed by atoms with Crippen molar-refractivity contribution in [2.24, 2.45) is 0 Å². The number of amides is 1. The number of rotatable bonds is 3. The summed E-state index contributed by atoms with van der Waals surface area (Å²) in [6.07, 6.45) is 4.97. The van der Waals surface area contributed by atoms with Gasteiger partial charge in [0.05, 0.1) is 5.69 Å². The Morgan fingerprint density at radius 1 is 1.00 bits per heavy atom. The van der Waals surface area contributed by atoms with E-state index in [4.69, 9.17) is 5.73 Å². The maximum Gasteiger partial charge on any atom is 0.253 e. The maximum atomic E-state index is 13.1. The highest BCUT2D eigenvalue weighted by Crippen LogP contribution is 2.23. The van der Waals surface area contributed by atoms with Crippen LogP contribution in [0.15, 0.2) is 49.1 Å². The largest absolute Gasteiger partial charge is 0.397 e. The van der Waals surface area contributed by atoms with Crippen molar-refractivity contribution < 1.29 is 4.79 Å². The Balaban J connectivity index is 1.47. The van der Waals surface area contributed by atoms with Gasteiger partial charge in [-0.05, 0) is 37.6 Å². The zero-order valence-corrected chi connectivity index (χ0v) is 16.7. The lowest BCUT2D eigenvalue weighted by molar-refractivity contribution is 0.0746. The van der Waals surface area contributed by atoms with Crippen LogP contribution in [-0.4, -0.2) is 51.9 Å². The van der Waals surface area contributed by atoms with Gasteiger partial charge in [-0.2, -0.15) is 0 Å². The quantitative estimate of drug-likeness (QED) is 0.742. The van der Waals surface area contributed by atoms with E-state index in [0.29, 0.717) is 24.3 Å². The molecule has 0 aliphatic carbocycles. The fourth-order valence-corrected chi connectivity index (χ4v) is 3.60. The number of nitrogen functional groups attached to an aromatic ring is 1. The molecule has 4 rings (SSSR count). The van der Waals surface area contributed by atoms with E-state index in [0.717, 1.165) is 41.3 Å². The van der Waals surface area contributed by atoms with Crippen molar-refractivity contribution in [3.63, 3.8) is 0 Å². The zero-order valence-electron chi connectivity index (χ0n) is 16.7. The van der Waals surface area contributed by atoms with E-state index < -0.39 is 0 Å². The van der Waals surface area contributed by atoms with Crippen LogP contribution < -0.4 is 10.6 Å². The van der Waals surface area contributed by atoms with Gasteiger partial charge in [0.15, 0.2) is 0 Å². The van der Waals surface area contributed by atoms with Gasteiger partial charge >= 0.3 is 0 Å². The van der Waals surface area contributed by atoms with Gasteiger partial charge in [-0.25, -0.2) is 9.97 Å². The molecule has 0 spiro atoms. The summed E-state index contributed by atoms with van der Waals surface area (Å²) >= 11 is 0. The molecule has 3 aromatic rings. The molecular formula is C22H24N6O. The lowest BCUT2D eigenvalue weighted by atomic mass is 10.0. The van der Waals surface area contributed by atoms with E-state index in [9.17, 15) is 4.79 Å². The second kappa shape index (κ2) is 7.87. The molecule has 2 aromatic heterocycles. The molecule has 1 aliphatic heterocycles. The molecule has 2 N–H and O–H groups in total. The van der Waals surface area contributed by atoms with Crippen LogP contribution in [0.4, 0.5) is 11.5 Å². The number of anilines is 2. The molecule has 1 aromatic carbocycles. The van der Waals surface area contributed by atoms with Crippen LogP contribution in [0.2, 0.25) is 0 Å². The Morgan fingerprint density at radius 3 is 2.55 bits per heavy atom. The fourth-order valence-electron chi connectivity index (χ4n) is 3.60. The molecule has 0 atom stereocenters. The molecule has 1 aliphatic rings. The summed E-state index contributed by atoms with van der Waals surface area (Å²) in [5.74, 6) is 1.000. The van der Waals surface area contributed by atoms with Crippen LogP contribution in [-0.2, 0) is 0 Å². The Bertz CT molecular complexity index is 1040.